The number of carbonyl (C=O) groups is 1. The van der Waals surface area contributed by atoms with Crippen molar-refractivity contribution in [3.05, 3.63) is 64.7 Å². The van der Waals surface area contributed by atoms with Gasteiger partial charge in [-0.3, -0.25) is 4.79 Å². The molecule has 0 unspecified atom stereocenters. The van der Waals surface area contributed by atoms with Gasteiger partial charge < -0.3 is 9.64 Å². The van der Waals surface area contributed by atoms with E-state index in [1.165, 1.54) is 35.1 Å². The Morgan fingerprint density at radius 2 is 1.72 bits per heavy atom. The Labute approximate surface area is 149 Å². The van der Waals surface area contributed by atoms with Gasteiger partial charge in [0.15, 0.2) is 6.10 Å². The van der Waals surface area contributed by atoms with Crippen LogP contribution in [0.1, 0.15) is 42.0 Å². The smallest absolute Gasteiger partial charge is 0.263 e. The predicted octanol–water partition coefficient (Wildman–Crippen LogP) is 3.92. The third kappa shape index (κ3) is 3.28. The van der Waals surface area contributed by atoms with Gasteiger partial charge in [0.05, 0.1) is 0 Å². The van der Waals surface area contributed by atoms with Gasteiger partial charge in [0.25, 0.3) is 5.91 Å². The van der Waals surface area contributed by atoms with Crippen LogP contribution < -0.4 is 4.74 Å². The number of amides is 1. The van der Waals surface area contributed by atoms with Gasteiger partial charge >= 0.3 is 0 Å². The number of benzene rings is 2. The molecule has 25 heavy (non-hydrogen) atoms. The second-order valence-corrected chi connectivity index (χ2v) is 7.14. The quantitative estimate of drug-likeness (QED) is 0.851. The average molecular weight is 335 g/mol. The lowest BCUT2D eigenvalue weighted by Crippen LogP contribution is -2.43. The van der Waals surface area contributed by atoms with Crippen molar-refractivity contribution in [3.63, 3.8) is 0 Å². The Balaban J connectivity index is 1.47. The van der Waals surface area contributed by atoms with Crippen LogP contribution in [0.15, 0.2) is 42.5 Å². The first-order valence-electron chi connectivity index (χ1n) is 9.35. The standard InChI is InChI=1S/C22H25NO2/c1-16(25-21-12-6-10-18-8-4-5-11-20(18)21)22(24)23-14-13-17-7-2-3-9-19(17)15-23/h2-3,6-7,9-10,12,16H,4-5,8,11,13-15H2,1H3/t16-/m0/s1. The van der Waals surface area contributed by atoms with Gasteiger partial charge in [-0.25, -0.2) is 0 Å². The number of aryl methyl sites for hydroxylation is 1. The number of carbonyl (C=O) groups excluding carboxylic acids is 1. The summed E-state index contributed by atoms with van der Waals surface area (Å²) in [6, 6.07) is 14.6. The van der Waals surface area contributed by atoms with E-state index in [9.17, 15) is 4.79 Å². The minimum Gasteiger partial charge on any atom is -0.481 e. The van der Waals surface area contributed by atoms with Crippen molar-refractivity contribution in [3.8, 4) is 5.75 Å². The molecule has 0 fully saturated rings. The van der Waals surface area contributed by atoms with E-state index in [2.05, 4.69) is 24.3 Å². The highest BCUT2D eigenvalue weighted by Crippen LogP contribution is 2.30. The lowest BCUT2D eigenvalue weighted by atomic mass is 9.91. The molecule has 0 bridgehead atoms. The number of fused-ring (bicyclic) bond motifs is 2. The molecule has 0 saturated heterocycles. The number of hydrogen-bond donors (Lipinski definition) is 0. The summed E-state index contributed by atoms with van der Waals surface area (Å²) in [4.78, 5) is 14.8. The highest BCUT2D eigenvalue weighted by molar-refractivity contribution is 5.81. The van der Waals surface area contributed by atoms with E-state index in [0.717, 1.165) is 31.6 Å². The first-order valence-corrected chi connectivity index (χ1v) is 9.35. The van der Waals surface area contributed by atoms with Gasteiger partial charge in [0.1, 0.15) is 5.75 Å². The lowest BCUT2D eigenvalue weighted by Gasteiger charge is -2.31. The van der Waals surface area contributed by atoms with E-state index in [-0.39, 0.29) is 5.91 Å². The molecule has 2 aliphatic rings. The third-order valence-corrected chi connectivity index (χ3v) is 5.45. The Morgan fingerprint density at radius 1 is 0.960 bits per heavy atom. The minimum atomic E-state index is -0.446. The molecule has 130 valence electrons. The van der Waals surface area contributed by atoms with Crippen LogP contribution in [0.25, 0.3) is 0 Å². The fourth-order valence-electron chi connectivity index (χ4n) is 4.04. The zero-order chi connectivity index (χ0) is 17.2. The van der Waals surface area contributed by atoms with Gasteiger partial charge in [-0.15, -0.1) is 0 Å². The summed E-state index contributed by atoms with van der Waals surface area (Å²) in [6.07, 6.45) is 5.12. The maximum atomic E-state index is 12.9. The van der Waals surface area contributed by atoms with Crippen LogP contribution in [0, 0.1) is 0 Å². The fraction of sp³-hybridized carbons (Fsp3) is 0.409. The van der Waals surface area contributed by atoms with E-state index >= 15 is 0 Å². The van der Waals surface area contributed by atoms with Crippen LogP contribution in [0.5, 0.6) is 5.75 Å². The topological polar surface area (TPSA) is 29.5 Å². The summed E-state index contributed by atoms with van der Waals surface area (Å²) in [7, 11) is 0. The molecule has 1 amide bonds. The van der Waals surface area contributed by atoms with Gasteiger partial charge in [-0.05, 0) is 67.3 Å². The molecular weight excluding hydrogens is 310 g/mol. The number of rotatable bonds is 3. The second-order valence-electron chi connectivity index (χ2n) is 7.14. The number of hydrogen-bond acceptors (Lipinski definition) is 2. The lowest BCUT2D eigenvalue weighted by molar-refractivity contribution is -0.138. The SMILES string of the molecule is C[C@H](Oc1cccc2c1CCCC2)C(=O)N1CCc2ccccc2C1. The normalized spacial score (nSPS) is 17.4. The molecule has 1 aliphatic heterocycles. The maximum absolute atomic E-state index is 12.9. The highest BCUT2D eigenvalue weighted by Gasteiger charge is 2.26. The first-order chi connectivity index (χ1) is 12.2. The molecule has 4 rings (SSSR count). The molecule has 3 heteroatoms. The Hall–Kier alpha value is -2.29. The summed E-state index contributed by atoms with van der Waals surface area (Å²) >= 11 is 0. The van der Waals surface area contributed by atoms with Crippen LogP contribution in [-0.4, -0.2) is 23.5 Å². The van der Waals surface area contributed by atoms with Crippen molar-refractivity contribution < 1.29 is 9.53 Å². The number of nitrogens with zero attached hydrogens (tertiary/aromatic N) is 1. The first kappa shape index (κ1) is 16.2. The molecule has 0 N–H and O–H groups in total. The molecule has 2 aromatic carbocycles. The maximum Gasteiger partial charge on any atom is 0.263 e. The summed E-state index contributed by atoms with van der Waals surface area (Å²) in [5, 5.41) is 0. The van der Waals surface area contributed by atoms with Crippen molar-refractivity contribution >= 4 is 5.91 Å². The summed E-state index contributed by atoms with van der Waals surface area (Å²) in [6.45, 7) is 3.34. The Kier molecular flexibility index (Phi) is 4.48. The van der Waals surface area contributed by atoms with Gasteiger partial charge in [-0.2, -0.15) is 0 Å². The van der Waals surface area contributed by atoms with Crippen LogP contribution in [-0.2, 0) is 30.6 Å². The van der Waals surface area contributed by atoms with Crippen LogP contribution in [0.4, 0.5) is 0 Å². The number of ether oxygens (including phenoxy) is 1. The molecule has 1 heterocycles. The van der Waals surface area contributed by atoms with Crippen LogP contribution in [0.3, 0.4) is 0 Å². The van der Waals surface area contributed by atoms with Gasteiger partial charge in [0, 0.05) is 13.1 Å². The molecule has 1 aliphatic carbocycles. The van der Waals surface area contributed by atoms with E-state index < -0.39 is 6.10 Å². The summed E-state index contributed by atoms with van der Waals surface area (Å²) in [5.41, 5.74) is 5.30. The molecule has 2 aromatic rings. The van der Waals surface area contributed by atoms with Crippen LogP contribution >= 0.6 is 0 Å². The van der Waals surface area contributed by atoms with E-state index in [1.807, 2.05) is 30.0 Å². The molecule has 3 nitrogen and oxygen atoms in total. The monoisotopic (exact) mass is 335 g/mol. The van der Waals surface area contributed by atoms with E-state index in [4.69, 9.17) is 4.74 Å². The average Bonchev–Trinajstić information content (AvgIpc) is 2.67. The van der Waals surface area contributed by atoms with Gasteiger partial charge in [-0.1, -0.05) is 36.4 Å². The van der Waals surface area contributed by atoms with Crippen molar-refractivity contribution in [2.75, 3.05) is 6.54 Å². The highest BCUT2D eigenvalue weighted by atomic mass is 16.5. The van der Waals surface area contributed by atoms with Crippen molar-refractivity contribution in [1.82, 2.24) is 4.90 Å². The zero-order valence-electron chi connectivity index (χ0n) is 14.8. The summed E-state index contributed by atoms with van der Waals surface area (Å²) < 4.78 is 6.12. The van der Waals surface area contributed by atoms with Crippen molar-refractivity contribution in [2.24, 2.45) is 0 Å². The molecule has 0 aromatic heterocycles. The Morgan fingerprint density at radius 3 is 2.60 bits per heavy atom. The molecule has 0 saturated carbocycles. The minimum absolute atomic E-state index is 0.0860. The second kappa shape index (κ2) is 6.91. The van der Waals surface area contributed by atoms with Crippen molar-refractivity contribution in [2.45, 2.75) is 51.7 Å². The third-order valence-electron chi connectivity index (χ3n) is 5.45. The molecule has 0 radical (unpaired) electrons. The molecular formula is C22H25NO2. The summed E-state index contributed by atoms with van der Waals surface area (Å²) in [5.74, 6) is 0.985. The fourth-order valence-corrected chi connectivity index (χ4v) is 4.04. The van der Waals surface area contributed by atoms with E-state index in [0.29, 0.717) is 6.54 Å². The zero-order valence-corrected chi connectivity index (χ0v) is 14.8. The van der Waals surface area contributed by atoms with E-state index in [1.54, 1.807) is 0 Å². The van der Waals surface area contributed by atoms with Crippen molar-refractivity contribution in [1.29, 1.82) is 0 Å². The van der Waals surface area contributed by atoms with Crippen LogP contribution in [0.2, 0.25) is 0 Å². The largest absolute Gasteiger partial charge is 0.481 e. The molecule has 1 atom stereocenters. The van der Waals surface area contributed by atoms with Gasteiger partial charge in [0.2, 0.25) is 0 Å². The Bertz CT molecular complexity index is 783. The predicted molar refractivity (Wildman–Crippen MR) is 98.7 cm³/mol. The molecule has 0 spiro atoms.